The zero-order valence-electron chi connectivity index (χ0n) is 20.9. The van der Waals surface area contributed by atoms with E-state index in [9.17, 15) is 22.7 Å². The number of hydrogen-bond donors (Lipinski definition) is 2. The van der Waals surface area contributed by atoms with Crippen molar-refractivity contribution in [3.63, 3.8) is 0 Å². The van der Waals surface area contributed by atoms with Crippen LogP contribution in [0.2, 0.25) is 5.02 Å². The highest BCUT2D eigenvalue weighted by Crippen LogP contribution is 2.17. The molecule has 1 amide bonds. The van der Waals surface area contributed by atoms with Gasteiger partial charge in [-0.3, -0.25) is 4.79 Å². The monoisotopic (exact) mass is 541 g/mol. The molecule has 0 bridgehead atoms. The maximum atomic E-state index is 13.7. The lowest BCUT2D eigenvalue weighted by molar-refractivity contribution is -0.133. The van der Waals surface area contributed by atoms with Crippen LogP contribution in [0.25, 0.3) is 0 Å². The van der Waals surface area contributed by atoms with Crippen molar-refractivity contribution in [3.05, 3.63) is 70.5 Å². The maximum Gasteiger partial charge on any atom is 0.224 e. The van der Waals surface area contributed by atoms with Crippen molar-refractivity contribution in [2.24, 2.45) is 5.73 Å². The molecular weight excluding hydrogens is 505 g/mol. The summed E-state index contributed by atoms with van der Waals surface area (Å²) in [6, 6.07) is 12.5. The molecule has 0 saturated heterocycles. The summed E-state index contributed by atoms with van der Waals surface area (Å²) < 4.78 is 40.8. The van der Waals surface area contributed by atoms with Crippen molar-refractivity contribution in [1.82, 2.24) is 9.21 Å². The van der Waals surface area contributed by atoms with Gasteiger partial charge in [0.15, 0.2) is 0 Å². The summed E-state index contributed by atoms with van der Waals surface area (Å²) in [5, 5.41) is 11.0. The fourth-order valence-electron chi connectivity index (χ4n) is 3.95. The molecule has 0 radical (unpaired) electrons. The molecular formula is C26H37ClFN3O4S. The molecule has 2 aromatic carbocycles. The van der Waals surface area contributed by atoms with Gasteiger partial charge >= 0.3 is 0 Å². The van der Waals surface area contributed by atoms with Crippen LogP contribution in [0.15, 0.2) is 48.5 Å². The lowest BCUT2D eigenvalue weighted by atomic mass is 10.0. The SMILES string of the molecule is CCCN(CCC)S(=O)(=O)CCC(=O)N(Cc1ccccc1)C[C@@H](O)[C@@H](N)Cc1cc(F)cc(Cl)c1. The minimum Gasteiger partial charge on any atom is -0.390 e. The number of aliphatic hydroxyl groups excluding tert-OH is 1. The van der Waals surface area contributed by atoms with Crippen LogP contribution in [0.4, 0.5) is 4.39 Å². The summed E-state index contributed by atoms with van der Waals surface area (Å²) in [4.78, 5) is 14.6. The van der Waals surface area contributed by atoms with E-state index in [2.05, 4.69) is 0 Å². The van der Waals surface area contributed by atoms with Crippen LogP contribution in [-0.2, 0) is 27.8 Å². The number of aliphatic hydroxyl groups is 1. The van der Waals surface area contributed by atoms with Gasteiger partial charge < -0.3 is 15.7 Å². The summed E-state index contributed by atoms with van der Waals surface area (Å²) in [7, 11) is -3.59. The number of halogens is 2. The first-order valence-electron chi connectivity index (χ1n) is 12.2. The summed E-state index contributed by atoms with van der Waals surface area (Å²) in [5.41, 5.74) is 7.56. The van der Waals surface area contributed by atoms with Crippen LogP contribution in [0, 0.1) is 5.82 Å². The van der Waals surface area contributed by atoms with Gasteiger partial charge in [0.1, 0.15) is 5.82 Å². The second-order valence-corrected chi connectivity index (χ2v) is 11.5. The van der Waals surface area contributed by atoms with Crippen LogP contribution in [0.5, 0.6) is 0 Å². The molecule has 0 aliphatic carbocycles. The predicted octanol–water partition coefficient (Wildman–Crippen LogP) is 3.58. The lowest BCUT2D eigenvalue weighted by Gasteiger charge is -2.29. The number of sulfonamides is 1. The number of nitrogens with zero attached hydrogens (tertiary/aromatic N) is 2. The standard InChI is InChI=1S/C26H37ClFN3O4S/c1-3-11-31(12-4-2)36(34,35)13-10-26(33)30(18-20-8-6-5-7-9-20)19-25(32)24(29)16-21-14-22(27)17-23(28)15-21/h5-9,14-15,17,24-25,32H,3-4,10-13,16,18-19,29H2,1-2H3/t24-,25+/m0/s1. The first-order valence-corrected chi connectivity index (χ1v) is 14.2. The third-order valence-electron chi connectivity index (χ3n) is 5.78. The van der Waals surface area contributed by atoms with E-state index in [0.717, 1.165) is 5.56 Å². The molecule has 7 nitrogen and oxygen atoms in total. The Bertz CT molecular complexity index is 1050. The normalized spacial score (nSPS) is 13.5. The van der Waals surface area contributed by atoms with E-state index in [1.54, 1.807) is 6.07 Å². The zero-order valence-corrected chi connectivity index (χ0v) is 22.5. The van der Waals surface area contributed by atoms with Gasteiger partial charge in [-0.2, -0.15) is 0 Å². The van der Waals surface area contributed by atoms with Gasteiger partial charge in [-0.25, -0.2) is 17.1 Å². The second-order valence-electron chi connectivity index (χ2n) is 8.94. The molecule has 3 N–H and O–H groups in total. The van der Waals surface area contributed by atoms with Crippen molar-refractivity contribution in [3.8, 4) is 0 Å². The Morgan fingerprint density at radius 3 is 2.31 bits per heavy atom. The third-order valence-corrected chi connectivity index (χ3v) is 7.87. The molecule has 0 aliphatic heterocycles. The molecule has 0 spiro atoms. The van der Waals surface area contributed by atoms with E-state index in [-0.39, 0.29) is 36.7 Å². The van der Waals surface area contributed by atoms with Gasteiger partial charge in [-0.1, -0.05) is 55.8 Å². The van der Waals surface area contributed by atoms with E-state index in [0.29, 0.717) is 31.5 Å². The highest BCUT2D eigenvalue weighted by Gasteiger charge is 2.26. The first kappa shape index (κ1) is 30.2. The summed E-state index contributed by atoms with van der Waals surface area (Å²) in [6.45, 7) is 4.75. The number of rotatable bonds is 15. The summed E-state index contributed by atoms with van der Waals surface area (Å²) in [6.07, 6.45) is 0.208. The Morgan fingerprint density at radius 1 is 1.08 bits per heavy atom. The Labute approximate surface area is 219 Å². The van der Waals surface area contributed by atoms with Gasteiger partial charge in [-0.05, 0) is 48.6 Å². The Balaban J connectivity index is 2.12. The van der Waals surface area contributed by atoms with Crippen LogP contribution in [-0.4, -0.2) is 66.2 Å². The minimum atomic E-state index is -3.59. The summed E-state index contributed by atoms with van der Waals surface area (Å²) >= 11 is 5.91. The molecule has 0 unspecified atom stereocenters. The predicted molar refractivity (Wildman–Crippen MR) is 142 cm³/mol. The van der Waals surface area contributed by atoms with Gasteiger partial charge in [0.25, 0.3) is 0 Å². The van der Waals surface area contributed by atoms with E-state index in [4.69, 9.17) is 17.3 Å². The fourth-order valence-corrected chi connectivity index (χ4v) is 5.81. The molecule has 2 aromatic rings. The molecule has 0 fully saturated rings. The first-order chi connectivity index (χ1) is 17.1. The number of nitrogens with two attached hydrogens (primary N) is 1. The van der Waals surface area contributed by atoms with Gasteiger partial charge in [0.2, 0.25) is 15.9 Å². The molecule has 0 aliphatic rings. The topological polar surface area (TPSA) is 104 Å². The van der Waals surface area contributed by atoms with Gasteiger partial charge in [-0.15, -0.1) is 0 Å². The number of carbonyl (C=O) groups is 1. The quantitative estimate of drug-likeness (QED) is 0.359. The molecule has 200 valence electrons. The van der Waals surface area contributed by atoms with Crippen molar-refractivity contribution in [2.75, 3.05) is 25.4 Å². The smallest absolute Gasteiger partial charge is 0.224 e. The molecule has 36 heavy (non-hydrogen) atoms. The fraction of sp³-hybridized carbons (Fsp3) is 0.500. The zero-order chi connectivity index (χ0) is 26.7. The Kier molecular flexibility index (Phi) is 12.3. The molecule has 0 saturated carbocycles. The molecule has 0 aromatic heterocycles. The molecule has 2 atom stereocenters. The van der Waals surface area contributed by atoms with Crippen molar-refractivity contribution in [2.45, 2.75) is 58.2 Å². The maximum absolute atomic E-state index is 13.7. The highest BCUT2D eigenvalue weighted by molar-refractivity contribution is 7.89. The van der Waals surface area contributed by atoms with Crippen LogP contribution in [0.1, 0.15) is 44.2 Å². The van der Waals surface area contributed by atoms with Crippen LogP contribution in [0.3, 0.4) is 0 Å². The summed E-state index contributed by atoms with van der Waals surface area (Å²) in [5.74, 6) is -1.20. The van der Waals surface area contributed by atoms with Crippen molar-refractivity contribution in [1.29, 1.82) is 0 Å². The van der Waals surface area contributed by atoms with E-state index in [1.807, 2.05) is 44.2 Å². The Morgan fingerprint density at radius 2 is 1.72 bits per heavy atom. The minimum absolute atomic E-state index is 0.0916. The largest absolute Gasteiger partial charge is 0.390 e. The van der Waals surface area contributed by atoms with Crippen molar-refractivity contribution >= 4 is 27.5 Å². The van der Waals surface area contributed by atoms with E-state index >= 15 is 0 Å². The van der Waals surface area contributed by atoms with Gasteiger partial charge in [0, 0.05) is 43.7 Å². The average Bonchev–Trinajstić information content (AvgIpc) is 2.82. The number of benzene rings is 2. The molecule has 2 rings (SSSR count). The van der Waals surface area contributed by atoms with Crippen molar-refractivity contribution < 1.29 is 22.7 Å². The van der Waals surface area contributed by atoms with Gasteiger partial charge in [0.05, 0.1) is 11.9 Å². The van der Waals surface area contributed by atoms with E-state index < -0.39 is 33.9 Å². The average molecular weight is 542 g/mol. The van der Waals surface area contributed by atoms with E-state index in [1.165, 1.54) is 21.3 Å². The second kappa shape index (κ2) is 14.6. The number of amides is 1. The Hall–Kier alpha value is -2.04. The highest BCUT2D eigenvalue weighted by atomic mass is 35.5. The number of carbonyl (C=O) groups excluding carboxylic acids is 1. The lowest BCUT2D eigenvalue weighted by Crippen LogP contribution is -2.46. The molecule has 0 heterocycles. The van der Waals surface area contributed by atoms with Crippen LogP contribution >= 0.6 is 11.6 Å². The molecule has 10 heteroatoms. The number of hydrogen-bond acceptors (Lipinski definition) is 5. The third kappa shape index (κ3) is 9.78. The van der Waals surface area contributed by atoms with Crippen LogP contribution < -0.4 is 5.73 Å².